The van der Waals surface area contributed by atoms with Crippen LogP contribution in [0.3, 0.4) is 0 Å². The van der Waals surface area contributed by atoms with Crippen molar-refractivity contribution < 1.29 is 28.6 Å². The van der Waals surface area contributed by atoms with Gasteiger partial charge in [-0.05, 0) is 116 Å². The third-order valence-corrected chi connectivity index (χ3v) is 10.8. The predicted octanol–water partition coefficient (Wildman–Crippen LogP) is 18.4. The minimum absolute atomic E-state index is 0.141. The summed E-state index contributed by atoms with van der Waals surface area (Å²) in [7, 11) is 0. The molecule has 0 amide bonds. The van der Waals surface area contributed by atoms with Crippen LogP contribution in [0.2, 0.25) is 0 Å². The summed E-state index contributed by atoms with van der Waals surface area (Å²) in [5, 5.41) is 0. The van der Waals surface area contributed by atoms with E-state index in [1.54, 1.807) is 0 Å². The number of ether oxygens (including phenoxy) is 3. The number of unbranched alkanes of at least 4 members (excludes halogenated alkanes) is 12. The van der Waals surface area contributed by atoms with Crippen molar-refractivity contribution in [2.24, 2.45) is 0 Å². The molecule has 0 N–H and O–H groups in total. The molecule has 0 aromatic heterocycles. The number of rotatable bonds is 47. The molecule has 6 nitrogen and oxygen atoms in total. The van der Waals surface area contributed by atoms with Gasteiger partial charge in [0.15, 0.2) is 6.10 Å². The maximum absolute atomic E-state index is 12.8. The van der Waals surface area contributed by atoms with Gasteiger partial charge in [0.1, 0.15) is 13.2 Å². The second kappa shape index (κ2) is 55.9. The summed E-state index contributed by atoms with van der Waals surface area (Å²) >= 11 is 0. The molecular weight excluding hydrogens is 853 g/mol. The van der Waals surface area contributed by atoms with Gasteiger partial charge in [-0.15, -0.1) is 0 Å². The first-order valence-corrected chi connectivity index (χ1v) is 27.3. The van der Waals surface area contributed by atoms with E-state index >= 15 is 0 Å². The second-order valence-corrected chi connectivity index (χ2v) is 17.4. The third kappa shape index (κ3) is 54.1. The monoisotopic (exact) mass is 951 g/mol. The Balaban J connectivity index is 4.64. The first kappa shape index (κ1) is 64.3. The Morgan fingerprint density at radius 2 is 0.594 bits per heavy atom. The fraction of sp³-hybridized carbons (Fsp3) is 0.571. The Morgan fingerprint density at radius 1 is 0.304 bits per heavy atom. The zero-order chi connectivity index (χ0) is 50.0. The highest BCUT2D eigenvalue weighted by Crippen LogP contribution is 2.12. The van der Waals surface area contributed by atoms with E-state index in [0.717, 1.165) is 103 Å². The largest absolute Gasteiger partial charge is 0.462 e. The van der Waals surface area contributed by atoms with Crippen LogP contribution in [0.4, 0.5) is 0 Å². The molecule has 1 unspecified atom stereocenters. The van der Waals surface area contributed by atoms with E-state index in [4.69, 9.17) is 14.2 Å². The lowest BCUT2D eigenvalue weighted by molar-refractivity contribution is -0.166. The minimum Gasteiger partial charge on any atom is -0.462 e. The van der Waals surface area contributed by atoms with Crippen molar-refractivity contribution in [1.82, 2.24) is 0 Å². The van der Waals surface area contributed by atoms with E-state index in [9.17, 15) is 14.4 Å². The summed E-state index contributed by atoms with van der Waals surface area (Å²) in [6.07, 6.45) is 80.0. The summed E-state index contributed by atoms with van der Waals surface area (Å²) in [5.74, 6) is -1.13. The van der Waals surface area contributed by atoms with E-state index in [-0.39, 0.29) is 38.0 Å². The minimum atomic E-state index is -0.858. The zero-order valence-electron chi connectivity index (χ0n) is 44.0. The van der Waals surface area contributed by atoms with Crippen LogP contribution in [-0.4, -0.2) is 37.2 Å². The van der Waals surface area contributed by atoms with E-state index in [0.29, 0.717) is 19.3 Å². The Hall–Kier alpha value is -4.71. The molecule has 0 bridgehead atoms. The van der Waals surface area contributed by atoms with E-state index in [1.807, 2.05) is 24.3 Å². The molecule has 0 aliphatic carbocycles. The summed E-state index contributed by atoms with van der Waals surface area (Å²) in [6, 6.07) is 0. The number of carbonyl (C=O) groups excluding carboxylic acids is 3. The van der Waals surface area contributed by atoms with Crippen LogP contribution in [0.15, 0.2) is 146 Å². The number of hydrogen-bond acceptors (Lipinski definition) is 6. The Kier molecular flexibility index (Phi) is 52.1. The van der Waals surface area contributed by atoms with Crippen molar-refractivity contribution in [3.8, 4) is 0 Å². The molecule has 0 aliphatic rings. The van der Waals surface area contributed by atoms with Crippen LogP contribution < -0.4 is 0 Å². The highest BCUT2D eigenvalue weighted by atomic mass is 16.6. The molecule has 0 saturated heterocycles. The van der Waals surface area contributed by atoms with E-state index in [2.05, 4.69) is 142 Å². The Bertz CT molecular complexity index is 1560. The average molecular weight is 951 g/mol. The van der Waals surface area contributed by atoms with Gasteiger partial charge in [0.05, 0.1) is 0 Å². The molecule has 0 aliphatic heterocycles. The van der Waals surface area contributed by atoms with Gasteiger partial charge >= 0.3 is 17.9 Å². The van der Waals surface area contributed by atoms with Crippen LogP contribution in [0.25, 0.3) is 0 Å². The number of esters is 3. The lowest BCUT2D eigenvalue weighted by atomic mass is 10.1. The highest BCUT2D eigenvalue weighted by Gasteiger charge is 2.19. The normalized spacial score (nSPS) is 13.3. The Labute approximate surface area is 423 Å². The van der Waals surface area contributed by atoms with Crippen LogP contribution in [-0.2, 0) is 28.6 Å². The molecule has 0 heterocycles. The van der Waals surface area contributed by atoms with Crippen molar-refractivity contribution in [3.05, 3.63) is 146 Å². The third-order valence-electron chi connectivity index (χ3n) is 10.8. The van der Waals surface area contributed by atoms with Crippen molar-refractivity contribution in [2.45, 2.75) is 219 Å². The molecular formula is C63H98O6. The smallest absolute Gasteiger partial charge is 0.306 e. The summed E-state index contributed by atoms with van der Waals surface area (Å²) in [4.78, 5) is 38.0. The van der Waals surface area contributed by atoms with Crippen molar-refractivity contribution >= 4 is 17.9 Å². The Morgan fingerprint density at radius 3 is 0.971 bits per heavy atom. The van der Waals surface area contributed by atoms with Crippen molar-refractivity contribution in [1.29, 1.82) is 0 Å². The van der Waals surface area contributed by atoms with Gasteiger partial charge in [-0.3, -0.25) is 14.4 Å². The maximum Gasteiger partial charge on any atom is 0.306 e. The van der Waals surface area contributed by atoms with Crippen LogP contribution in [0.1, 0.15) is 213 Å². The van der Waals surface area contributed by atoms with Gasteiger partial charge in [-0.25, -0.2) is 0 Å². The predicted molar refractivity (Wildman–Crippen MR) is 297 cm³/mol. The van der Waals surface area contributed by atoms with Crippen LogP contribution in [0, 0.1) is 0 Å². The molecule has 1 atom stereocenters. The molecule has 6 heteroatoms. The molecule has 0 radical (unpaired) electrons. The lowest BCUT2D eigenvalue weighted by Gasteiger charge is -2.18. The van der Waals surface area contributed by atoms with Gasteiger partial charge in [0, 0.05) is 19.3 Å². The summed E-state index contributed by atoms with van der Waals surface area (Å²) < 4.78 is 16.7. The number of hydrogen-bond donors (Lipinski definition) is 0. The fourth-order valence-corrected chi connectivity index (χ4v) is 6.80. The first-order chi connectivity index (χ1) is 34.0. The van der Waals surface area contributed by atoms with E-state index < -0.39 is 12.1 Å². The van der Waals surface area contributed by atoms with Gasteiger partial charge in [0.2, 0.25) is 0 Å². The summed E-state index contributed by atoms with van der Waals surface area (Å²) in [5.41, 5.74) is 0. The molecule has 0 fully saturated rings. The van der Waals surface area contributed by atoms with Crippen molar-refractivity contribution in [3.63, 3.8) is 0 Å². The molecule has 386 valence electrons. The van der Waals surface area contributed by atoms with Gasteiger partial charge in [-0.1, -0.05) is 224 Å². The average Bonchev–Trinajstić information content (AvgIpc) is 3.35. The zero-order valence-corrected chi connectivity index (χ0v) is 44.0. The lowest BCUT2D eigenvalue weighted by Crippen LogP contribution is -2.30. The molecule has 0 saturated carbocycles. The molecule has 0 aromatic carbocycles. The standard InChI is InChI=1S/C63H98O6/c1-4-7-10-13-16-19-22-25-28-31-32-33-36-38-41-44-47-50-53-56-62(65)68-59-60(69-63(66)57-54-51-48-45-42-39-35-30-27-24-21-18-15-12-9-6-3)58-67-61(64)55-52-49-46-43-40-37-34-29-26-23-20-17-14-11-8-5-2/h7,9-10,12,16,18-19,21,25,27-30,32-34,38-39,41-42,47-48,50-51,60H,4-6,8,11,13-15,17,20,22-24,26,31,35-37,40,43-46,49,52-59H2,1-3H3/b10-7-,12-9-,19-16-,21-18-,28-25-,30-27-,33-32-,34-29-,41-38-,42-39-,50-47-,51-48-. The first-order valence-electron chi connectivity index (χ1n) is 27.3. The molecule has 69 heavy (non-hydrogen) atoms. The van der Waals surface area contributed by atoms with Crippen LogP contribution >= 0.6 is 0 Å². The maximum atomic E-state index is 12.8. The number of carbonyl (C=O) groups is 3. The quantitative estimate of drug-likeness (QED) is 0.0262. The SMILES string of the molecule is CC/C=C\C/C=C\C/C=C\C/C=C\C/C=C\C/C=C\CCC(=O)OCC(COC(=O)CCCCCCC/C=C\CCCCCCCCC)OC(=O)CC/C=C\C/C=C\C/C=C\C/C=C\C/C=C\CC. The fourth-order valence-electron chi connectivity index (χ4n) is 6.80. The molecule has 0 aromatic rings. The topological polar surface area (TPSA) is 78.9 Å². The number of allylic oxidation sites excluding steroid dienone is 24. The van der Waals surface area contributed by atoms with Crippen molar-refractivity contribution in [2.75, 3.05) is 13.2 Å². The van der Waals surface area contributed by atoms with E-state index in [1.165, 1.54) is 57.8 Å². The highest BCUT2D eigenvalue weighted by molar-refractivity contribution is 5.71. The van der Waals surface area contributed by atoms with Crippen LogP contribution in [0.5, 0.6) is 0 Å². The molecule has 0 spiro atoms. The summed E-state index contributed by atoms with van der Waals surface area (Å²) in [6.45, 7) is 6.25. The van der Waals surface area contributed by atoms with Gasteiger partial charge in [0.25, 0.3) is 0 Å². The second-order valence-electron chi connectivity index (χ2n) is 17.4. The molecule has 0 rings (SSSR count). The van der Waals surface area contributed by atoms with Gasteiger partial charge < -0.3 is 14.2 Å². The van der Waals surface area contributed by atoms with Gasteiger partial charge in [-0.2, -0.15) is 0 Å².